The molecule has 1 aliphatic rings. The molecule has 1 aliphatic heterocycles. The first-order valence-corrected chi connectivity index (χ1v) is 11.2. The first-order chi connectivity index (χ1) is 14.7. The van der Waals surface area contributed by atoms with Gasteiger partial charge in [-0.25, -0.2) is 19.7 Å². The molecule has 4 N–H and O–H groups in total. The minimum absolute atomic E-state index is 0.148. The maximum Gasteiger partial charge on any atom is 0.338 e. The fourth-order valence-electron chi connectivity index (χ4n) is 3.26. The molecule has 1 saturated heterocycles. The number of hydrogen-bond acceptors (Lipinski definition) is 10. The fourth-order valence-corrected chi connectivity index (χ4v) is 3.69. The summed E-state index contributed by atoms with van der Waals surface area (Å²) >= 11 is 0. The third-order valence-electron chi connectivity index (χ3n) is 4.70. The van der Waals surface area contributed by atoms with Crippen LogP contribution in [-0.2, 0) is 18.6 Å². The van der Waals surface area contributed by atoms with E-state index in [1.165, 1.54) is 17.2 Å². The van der Waals surface area contributed by atoms with Crippen molar-refractivity contribution in [3.05, 3.63) is 48.5 Å². The van der Waals surface area contributed by atoms with Crippen LogP contribution in [0.5, 0.6) is 0 Å². The number of ether oxygens (including phenoxy) is 2. The quantitative estimate of drug-likeness (QED) is 0.358. The maximum absolute atomic E-state index is 12.6. The van der Waals surface area contributed by atoms with Crippen LogP contribution in [0.4, 0.5) is 5.82 Å². The molecule has 4 rings (SSSR count). The number of aliphatic hydroxyl groups is 1. The molecular weight excluding hydrogens is 429 g/mol. The van der Waals surface area contributed by atoms with Gasteiger partial charge in [0.25, 0.3) is 0 Å². The van der Waals surface area contributed by atoms with E-state index in [-0.39, 0.29) is 11.4 Å². The Morgan fingerprint density at radius 3 is 2.74 bits per heavy atom. The topological polar surface area (TPSA) is 172 Å². The highest BCUT2D eigenvalue weighted by Gasteiger charge is 2.48. The summed E-state index contributed by atoms with van der Waals surface area (Å²) in [5.41, 5.74) is 6.69. The number of rotatable bonds is 6. The van der Waals surface area contributed by atoms with Crippen LogP contribution >= 0.6 is 7.60 Å². The molecule has 164 valence electrons. The van der Waals surface area contributed by atoms with Gasteiger partial charge >= 0.3 is 13.6 Å². The van der Waals surface area contributed by atoms with Crippen molar-refractivity contribution in [2.24, 2.45) is 0 Å². The number of carbonyl (C=O) groups excluding carboxylic acids is 1. The predicted molar refractivity (Wildman–Crippen MR) is 107 cm³/mol. The molecule has 0 aliphatic carbocycles. The molecule has 1 fully saturated rings. The molecule has 5 atom stereocenters. The minimum atomic E-state index is -3.84. The maximum atomic E-state index is 12.6. The second-order valence-electron chi connectivity index (χ2n) is 6.97. The van der Waals surface area contributed by atoms with Crippen LogP contribution in [0.1, 0.15) is 16.6 Å². The number of benzene rings is 1. The van der Waals surface area contributed by atoms with Gasteiger partial charge < -0.3 is 29.7 Å². The summed E-state index contributed by atoms with van der Waals surface area (Å²) in [4.78, 5) is 34.2. The van der Waals surface area contributed by atoms with Gasteiger partial charge in [-0.3, -0.25) is 9.13 Å². The summed E-state index contributed by atoms with van der Waals surface area (Å²) < 4.78 is 29.3. The van der Waals surface area contributed by atoms with E-state index in [0.717, 1.165) is 6.66 Å². The Hall–Kier alpha value is -2.89. The van der Waals surface area contributed by atoms with E-state index in [4.69, 9.17) is 19.7 Å². The van der Waals surface area contributed by atoms with Crippen molar-refractivity contribution in [3.63, 3.8) is 0 Å². The highest BCUT2D eigenvalue weighted by Crippen LogP contribution is 2.40. The number of carbonyl (C=O) groups is 1. The van der Waals surface area contributed by atoms with Gasteiger partial charge in [0.2, 0.25) is 0 Å². The molecular formula is C18H20N5O7P. The SMILES string of the molecule is CP(=O)(O)OC[C@H]1O[C@@H](n2cnc3c(N)ncnc32)C(O)[C@H]1OC(=O)c1ccccc1. The number of fused-ring (bicyclic) bond motifs is 1. The summed E-state index contributed by atoms with van der Waals surface area (Å²) in [6, 6.07) is 8.20. The van der Waals surface area contributed by atoms with Gasteiger partial charge in [-0.1, -0.05) is 18.2 Å². The summed E-state index contributed by atoms with van der Waals surface area (Å²) in [6.45, 7) is 0.623. The van der Waals surface area contributed by atoms with E-state index < -0.39 is 44.7 Å². The lowest BCUT2D eigenvalue weighted by molar-refractivity contribution is -0.0498. The van der Waals surface area contributed by atoms with E-state index in [2.05, 4.69) is 15.0 Å². The smallest absolute Gasteiger partial charge is 0.338 e. The fraction of sp³-hybridized carbons (Fsp3) is 0.333. The van der Waals surface area contributed by atoms with Gasteiger partial charge in [-0.05, 0) is 12.1 Å². The first-order valence-electron chi connectivity index (χ1n) is 9.22. The second-order valence-corrected chi connectivity index (χ2v) is 8.84. The monoisotopic (exact) mass is 449 g/mol. The number of nitrogen functional groups attached to an aromatic ring is 1. The van der Waals surface area contributed by atoms with Gasteiger partial charge in [-0.2, -0.15) is 0 Å². The van der Waals surface area contributed by atoms with Crippen molar-refractivity contribution in [1.82, 2.24) is 19.5 Å². The second kappa shape index (κ2) is 8.33. The zero-order chi connectivity index (χ0) is 22.2. The number of hydrogen-bond donors (Lipinski definition) is 3. The minimum Gasteiger partial charge on any atom is -0.453 e. The van der Waals surface area contributed by atoms with Crippen LogP contribution in [0, 0.1) is 0 Å². The van der Waals surface area contributed by atoms with Gasteiger partial charge in [0, 0.05) is 6.66 Å². The number of aliphatic hydroxyl groups excluding tert-OH is 1. The molecule has 3 aromatic rings. The van der Waals surface area contributed by atoms with Crippen LogP contribution < -0.4 is 5.73 Å². The Labute approximate surface area is 176 Å². The molecule has 31 heavy (non-hydrogen) atoms. The summed E-state index contributed by atoms with van der Waals surface area (Å²) in [6.07, 6.45) is -2.06. The van der Waals surface area contributed by atoms with E-state index in [1.807, 2.05) is 0 Å². The van der Waals surface area contributed by atoms with Crippen LogP contribution in [0.2, 0.25) is 0 Å². The summed E-state index contributed by atoms with van der Waals surface area (Å²) in [5, 5.41) is 10.9. The number of aromatic nitrogens is 4. The predicted octanol–water partition coefficient (Wildman–Crippen LogP) is 0.724. The molecule has 0 spiro atoms. The molecule has 12 nitrogen and oxygen atoms in total. The van der Waals surface area contributed by atoms with Crippen molar-refractivity contribution in [3.8, 4) is 0 Å². The molecule has 0 bridgehead atoms. The summed E-state index contributed by atoms with van der Waals surface area (Å²) in [7, 11) is -3.84. The van der Waals surface area contributed by atoms with Crippen molar-refractivity contribution < 1.29 is 33.4 Å². The highest BCUT2D eigenvalue weighted by molar-refractivity contribution is 7.51. The zero-order valence-corrected chi connectivity index (χ0v) is 17.2. The Bertz CT molecular complexity index is 1130. The van der Waals surface area contributed by atoms with E-state index >= 15 is 0 Å². The van der Waals surface area contributed by atoms with Gasteiger partial charge in [0.15, 0.2) is 23.8 Å². The number of nitrogens with zero attached hydrogens (tertiary/aromatic N) is 4. The van der Waals surface area contributed by atoms with E-state index in [0.29, 0.717) is 11.2 Å². The van der Waals surface area contributed by atoms with Crippen LogP contribution in [0.15, 0.2) is 43.0 Å². The zero-order valence-electron chi connectivity index (χ0n) is 16.3. The number of esters is 1. The highest BCUT2D eigenvalue weighted by atomic mass is 31.2. The van der Waals surface area contributed by atoms with E-state index in [9.17, 15) is 19.4 Å². The third kappa shape index (κ3) is 4.43. The van der Waals surface area contributed by atoms with Crippen LogP contribution in [-0.4, -0.2) is 67.1 Å². The number of imidazole rings is 1. The summed E-state index contributed by atoms with van der Waals surface area (Å²) in [5.74, 6) is -0.542. The largest absolute Gasteiger partial charge is 0.453 e. The lowest BCUT2D eigenvalue weighted by Crippen LogP contribution is -2.38. The Balaban J connectivity index is 1.63. The van der Waals surface area contributed by atoms with Crippen molar-refractivity contribution >= 4 is 30.5 Å². The molecule has 0 radical (unpaired) electrons. The van der Waals surface area contributed by atoms with Crippen molar-refractivity contribution in [2.75, 3.05) is 19.0 Å². The average Bonchev–Trinajstić information content (AvgIpc) is 3.29. The van der Waals surface area contributed by atoms with Crippen LogP contribution in [0.3, 0.4) is 0 Å². The molecule has 1 aromatic carbocycles. The molecule has 13 heteroatoms. The normalized spacial score (nSPS) is 25.4. The van der Waals surface area contributed by atoms with Crippen molar-refractivity contribution in [2.45, 2.75) is 24.5 Å². The van der Waals surface area contributed by atoms with E-state index in [1.54, 1.807) is 30.3 Å². The van der Waals surface area contributed by atoms with Gasteiger partial charge in [-0.15, -0.1) is 0 Å². The standard InChI is InChI=1S/C18H20N5O7P/c1-31(26,27)28-7-11-14(30-18(25)10-5-3-2-4-6-10)13(24)17(29-11)23-9-22-12-15(19)20-8-21-16(12)23/h2-6,8-9,11,13-14,17,24H,7H2,1H3,(H,26,27)(H2,19,20,21)/t11-,13?,14+,17-/m1/s1. The molecule has 2 aromatic heterocycles. The Morgan fingerprint density at radius 1 is 1.29 bits per heavy atom. The third-order valence-corrected chi connectivity index (χ3v) is 5.33. The number of nitrogens with two attached hydrogens (primary N) is 1. The lowest BCUT2D eigenvalue weighted by Gasteiger charge is -2.21. The Kier molecular flexibility index (Phi) is 5.73. The molecule has 2 unspecified atom stereocenters. The number of anilines is 1. The van der Waals surface area contributed by atoms with Crippen molar-refractivity contribution in [1.29, 1.82) is 0 Å². The van der Waals surface area contributed by atoms with Gasteiger partial charge in [0.05, 0.1) is 18.5 Å². The van der Waals surface area contributed by atoms with Gasteiger partial charge in [0.1, 0.15) is 24.1 Å². The average molecular weight is 449 g/mol. The molecule has 0 saturated carbocycles. The lowest BCUT2D eigenvalue weighted by atomic mass is 10.1. The molecule has 3 heterocycles. The Morgan fingerprint density at radius 2 is 2.03 bits per heavy atom. The molecule has 0 amide bonds. The first kappa shape index (κ1) is 21.3. The van der Waals surface area contributed by atoms with Crippen LogP contribution in [0.25, 0.3) is 11.2 Å².